The van der Waals surface area contributed by atoms with E-state index in [2.05, 4.69) is 39.7 Å². The summed E-state index contributed by atoms with van der Waals surface area (Å²) in [7, 11) is 0. The van der Waals surface area contributed by atoms with Gasteiger partial charge in [0, 0.05) is 42.5 Å². The first-order valence-electron chi connectivity index (χ1n) is 9.20. The van der Waals surface area contributed by atoms with Crippen LogP contribution in [-0.4, -0.2) is 27.2 Å². The number of aromatic amines is 1. The molecular formula is C22H22N4O. The monoisotopic (exact) mass is 358 g/mol. The summed E-state index contributed by atoms with van der Waals surface area (Å²) in [5.74, 6) is 0.0912. The van der Waals surface area contributed by atoms with E-state index in [1.165, 1.54) is 16.5 Å². The van der Waals surface area contributed by atoms with Crippen molar-refractivity contribution >= 4 is 16.8 Å². The summed E-state index contributed by atoms with van der Waals surface area (Å²) in [5, 5.41) is 8.43. The Bertz CT molecular complexity index is 1020. The van der Waals surface area contributed by atoms with Crippen LogP contribution in [0.4, 0.5) is 0 Å². The highest BCUT2D eigenvalue weighted by molar-refractivity contribution is 5.84. The number of amides is 1. The number of aryl methyl sites for hydroxylation is 1. The average molecular weight is 358 g/mol. The minimum absolute atomic E-state index is 0.0912. The number of para-hydroxylation sites is 1. The molecule has 0 radical (unpaired) electrons. The van der Waals surface area contributed by atoms with E-state index in [0.717, 1.165) is 24.0 Å². The highest BCUT2D eigenvalue weighted by atomic mass is 16.1. The van der Waals surface area contributed by atoms with E-state index >= 15 is 0 Å². The number of fused-ring (bicyclic) bond motifs is 1. The first-order chi connectivity index (χ1) is 13.3. The van der Waals surface area contributed by atoms with Crippen LogP contribution in [0.3, 0.4) is 0 Å². The number of aromatic nitrogens is 3. The zero-order valence-corrected chi connectivity index (χ0v) is 15.1. The second-order valence-electron chi connectivity index (χ2n) is 6.58. The molecule has 2 heterocycles. The van der Waals surface area contributed by atoms with Crippen molar-refractivity contribution in [2.75, 3.05) is 6.54 Å². The molecule has 0 spiro atoms. The van der Waals surface area contributed by atoms with E-state index < -0.39 is 0 Å². The molecule has 0 aliphatic carbocycles. The summed E-state index contributed by atoms with van der Waals surface area (Å²) >= 11 is 0. The van der Waals surface area contributed by atoms with Crippen molar-refractivity contribution in [3.63, 3.8) is 0 Å². The Morgan fingerprint density at radius 3 is 2.70 bits per heavy atom. The molecule has 27 heavy (non-hydrogen) atoms. The van der Waals surface area contributed by atoms with Crippen LogP contribution >= 0.6 is 0 Å². The lowest BCUT2D eigenvalue weighted by Gasteiger charge is -2.07. The summed E-state index contributed by atoms with van der Waals surface area (Å²) in [5.41, 5.74) is 4.54. The van der Waals surface area contributed by atoms with Crippen LogP contribution in [0.25, 0.3) is 16.6 Å². The number of nitrogens with one attached hydrogen (secondary N) is 2. The Labute approximate surface area is 158 Å². The van der Waals surface area contributed by atoms with Gasteiger partial charge in [-0.2, -0.15) is 5.10 Å². The van der Waals surface area contributed by atoms with Crippen molar-refractivity contribution < 1.29 is 4.79 Å². The van der Waals surface area contributed by atoms with Crippen LogP contribution in [-0.2, 0) is 17.6 Å². The summed E-state index contributed by atoms with van der Waals surface area (Å²) in [6.45, 7) is 0.647. The maximum atomic E-state index is 12.1. The number of carbonyl (C=O) groups is 1. The number of hydrogen-bond acceptors (Lipinski definition) is 2. The van der Waals surface area contributed by atoms with Crippen LogP contribution in [0.1, 0.15) is 17.5 Å². The molecule has 1 amide bonds. The van der Waals surface area contributed by atoms with Gasteiger partial charge in [-0.05, 0) is 48.2 Å². The molecular weight excluding hydrogens is 336 g/mol. The highest BCUT2D eigenvalue weighted by Gasteiger charge is 2.06. The minimum Gasteiger partial charge on any atom is -0.361 e. The molecule has 4 aromatic rings. The molecule has 136 valence electrons. The highest BCUT2D eigenvalue weighted by Crippen LogP contribution is 2.18. The fraction of sp³-hybridized carbons (Fsp3) is 0.182. The van der Waals surface area contributed by atoms with Gasteiger partial charge >= 0.3 is 0 Å². The van der Waals surface area contributed by atoms with Crippen molar-refractivity contribution in [2.24, 2.45) is 0 Å². The van der Waals surface area contributed by atoms with Gasteiger partial charge in [-0.1, -0.05) is 30.3 Å². The fourth-order valence-electron chi connectivity index (χ4n) is 3.26. The zero-order chi connectivity index (χ0) is 18.5. The molecule has 0 saturated carbocycles. The van der Waals surface area contributed by atoms with Gasteiger partial charge in [0.1, 0.15) is 0 Å². The Hall–Kier alpha value is -3.34. The SMILES string of the molecule is O=C(CCc1c[nH]c2ccccc12)NCCc1ccc(-n2cccn2)cc1. The van der Waals surface area contributed by atoms with Crippen LogP contribution in [0.5, 0.6) is 0 Å². The largest absolute Gasteiger partial charge is 0.361 e. The lowest BCUT2D eigenvalue weighted by Crippen LogP contribution is -2.25. The third-order valence-electron chi connectivity index (χ3n) is 4.74. The predicted octanol–water partition coefficient (Wildman–Crippen LogP) is 3.65. The van der Waals surface area contributed by atoms with Gasteiger partial charge in [0.15, 0.2) is 0 Å². The Kier molecular flexibility index (Phi) is 5.01. The van der Waals surface area contributed by atoms with E-state index in [0.29, 0.717) is 13.0 Å². The van der Waals surface area contributed by atoms with Gasteiger partial charge < -0.3 is 10.3 Å². The Morgan fingerprint density at radius 2 is 1.89 bits per heavy atom. The number of benzene rings is 2. The minimum atomic E-state index is 0.0912. The third kappa shape index (κ3) is 4.08. The van der Waals surface area contributed by atoms with Crippen LogP contribution < -0.4 is 5.32 Å². The second-order valence-corrected chi connectivity index (χ2v) is 6.58. The number of carbonyl (C=O) groups excluding carboxylic acids is 1. The average Bonchev–Trinajstić information content (AvgIpc) is 3.37. The quantitative estimate of drug-likeness (QED) is 0.530. The van der Waals surface area contributed by atoms with E-state index in [4.69, 9.17) is 0 Å². The number of nitrogens with zero attached hydrogens (tertiary/aromatic N) is 2. The van der Waals surface area contributed by atoms with Gasteiger partial charge in [0.25, 0.3) is 0 Å². The Balaban J connectivity index is 1.24. The van der Waals surface area contributed by atoms with E-state index in [1.54, 1.807) is 6.20 Å². The molecule has 2 aromatic carbocycles. The molecule has 0 bridgehead atoms. The maximum absolute atomic E-state index is 12.1. The second kappa shape index (κ2) is 7.91. The smallest absolute Gasteiger partial charge is 0.220 e. The van der Waals surface area contributed by atoms with Crippen molar-refractivity contribution in [3.8, 4) is 5.69 Å². The molecule has 0 fully saturated rings. The standard InChI is InChI=1S/C22H22N4O/c27-22(11-8-18-16-24-21-5-2-1-4-20(18)21)23-14-12-17-6-9-19(10-7-17)26-15-3-13-25-26/h1-7,9-10,13,15-16,24H,8,11-12,14H2,(H,23,27). The molecule has 0 atom stereocenters. The molecule has 5 nitrogen and oxygen atoms in total. The van der Waals surface area contributed by atoms with Crippen LogP contribution in [0.2, 0.25) is 0 Å². The maximum Gasteiger partial charge on any atom is 0.220 e. The van der Waals surface area contributed by atoms with Crippen LogP contribution in [0.15, 0.2) is 73.2 Å². The molecule has 0 aliphatic rings. The molecule has 0 unspecified atom stereocenters. The first-order valence-corrected chi connectivity index (χ1v) is 9.20. The molecule has 0 saturated heterocycles. The van der Waals surface area contributed by atoms with E-state index in [-0.39, 0.29) is 5.91 Å². The summed E-state index contributed by atoms with van der Waals surface area (Å²) in [6, 6.07) is 18.3. The first kappa shape index (κ1) is 17.1. The lowest BCUT2D eigenvalue weighted by molar-refractivity contribution is -0.121. The Morgan fingerprint density at radius 1 is 1.04 bits per heavy atom. The molecule has 2 aromatic heterocycles. The number of hydrogen-bond donors (Lipinski definition) is 2. The van der Waals surface area contributed by atoms with Gasteiger partial charge in [-0.25, -0.2) is 4.68 Å². The van der Waals surface area contributed by atoms with Gasteiger partial charge in [0.2, 0.25) is 5.91 Å². The van der Waals surface area contributed by atoms with Gasteiger partial charge in [0.05, 0.1) is 5.69 Å². The summed E-state index contributed by atoms with van der Waals surface area (Å²) < 4.78 is 1.83. The van der Waals surface area contributed by atoms with Gasteiger partial charge in [-0.3, -0.25) is 4.79 Å². The normalized spacial score (nSPS) is 11.0. The van der Waals surface area contributed by atoms with Crippen LogP contribution in [0, 0.1) is 0 Å². The molecule has 0 aliphatic heterocycles. The van der Waals surface area contributed by atoms with E-state index in [9.17, 15) is 4.79 Å². The number of rotatable bonds is 7. The third-order valence-corrected chi connectivity index (χ3v) is 4.74. The van der Waals surface area contributed by atoms with Crippen molar-refractivity contribution in [2.45, 2.75) is 19.3 Å². The summed E-state index contributed by atoms with van der Waals surface area (Å²) in [6.07, 6.45) is 7.74. The molecule has 2 N–H and O–H groups in total. The van der Waals surface area contributed by atoms with E-state index in [1.807, 2.05) is 47.4 Å². The predicted molar refractivity (Wildman–Crippen MR) is 107 cm³/mol. The fourth-order valence-corrected chi connectivity index (χ4v) is 3.26. The van der Waals surface area contributed by atoms with Gasteiger partial charge in [-0.15, -0.1) is 0 Å². The topological polar surface area (TPSA) is 62.7 Å². The van der Waals surface area contributed by atoms with Crippen molar-refractivity contribution in [1.29, 1.82) is 0 Å². The molecule has 4 rings (SSSR count). The number of H-pyrrole nitrogens is 1. The van der Waals surface area contributed by atoms with Crippen molar-refractivity contribution in [1.82, 2.24) is 20.1 Å². The lowest BCUT2D eigenvalue weighted by atomic mass is 10.1. The zero-order valence-electron chi connectivity index (χ0n) is 15.1. The summed E-state index contributed by atoms with van der Waals surface area (Å²) in [4.78, 5) is 15.4. The van der Waals surface area contributed by atoms with Crippen molar-refractivity contribution in [3.05, 3.63) is 84.3 Å². The molecule has 5 heteroatoms.